The predicted molar refractivity (Wildman–Crippen MR) is 111 cm³/mol. The average Bonchev–Trinajstić information content (AvgIpc) is 2.72. The lowest BCUT2D eigenvalue weighted by Gasteiger charge is -2.38. The van der Waals surface area contributed by atoms with E-state index in [-0.39, 0.29) is 6.04 Å². The molecule has 8 heteroatoms. The molecule has 3 heterocycles. The molecule has 30 heavy (non-hydrogen) atoms. The van der Waals surface area contributed by atoms with Gasteiger partial charge in [-0.2, -0.15) is 23.1 Å². The summed E-state index contributed by atoms with van der Waals surface area (Å²) < 4.78 is 41.2. The lowest BCUT2D eigenvalue weighted by Crippen LogP contribution is -2.35. The lowest BCUT2D eigenvalue weighted by atomic mass is 9.91. The van der Waals surface area contributed by atoms with Gasteiger partial charge in [0.05, 0.1) is 17.0 Å². The van der Waals surface area contributed by atoms with Crippen LogP contribution < -0.4 is 10.2 Å². The van der Waals surface area contributed by atoms with Crippen molar-refractivity contribution < 1.29 is 13.2 Å². The summed E-state index contributed by atoms with van der Waals surface area (Å²) in [6.45, 7) is 4.59. The van der Waals surface area contributed by atoms with Crippen LogP contribution in [0.1, 0.15) is 50.3 Å². The normalized spacial score (nSPS) is 17.5. The van der Waals surface area contributed by atoms with Crippen LogP contribution in [0, 0.1) is 0 Å². The third-order valence-corrected chi connectivity index (χ3v) is 5.27. The van der Waals surface area contributed by atoms with E-state index in [2.05, 4.69) is 15.3 Å². The first kappa shape index (κ1) is 20.4. The number of hydrogen-bond donors (Lipinski definition) is 1. The first-order chi connectivity index (χ1) is 14.3. The third-order valence-electron chi connectivity index (χ3n) is 5.27. The minimum Gasteiger partial charge on any atom is -0.352 e. The molecule has 2 aromatic heterocycles. The summed E-state index contributed by atoms with van der Waals surface area (Å²) in [5, 5.41) is 3.94. The van der Waals surface area contributed by atoms with Gasteiger partial charge >= 0.3 is 6.18 Å². The van der Waals surface area contributed by atoms with Crippen molar-refractivity contribution in [2.45, 2.75) is 51.4 Å². The molecule has 0 amide bonds. The Labute approximate surface area is 173 Å². The van der Waals surface area contributed by atoms with Crippen molar-refractivity contribution in [3.63, 3.8) is 0 Å². The number of pyridine rings is 1. The Kier molecular flexibility index (Phi) is 5.49. The second kappa shape index (κ2) is 8.08. The molecule has 3 aromatic rings. The Balaban J connectivity index is 1.86. The molecule has 1 saturated heterocycles. The molecule has 4 rings (SSSR count). The number of fused-ring (bicyclic) bond motifs is 1. The summed E-state index contributed by atoms with van der Waals surface area (Å²) in [6.07, 6.45) is -0.356. The molecule has 1 fully saturated rings. The van der Waals surface area contributed by atoms with Gasteiger partial charge < -0.3 is 10.2 Å². The third kappa shape index (κ3) is 4.04. The van der Waals surface area contributed by atoms with E-state index in [1.165, 1.54) is 6.07 Å². The molecule has 0 bridgehead atoms. The molecular weight excluding hydrogens is 391 g/mol. The van der Waals surface area contributed by atoms with Crippen LogP contribution in [-0.2, 0) is 6.18 Å². The molecule has 1 unspecified atom stereocenters. The Morgan fingerprint density at radius 1 is 1.07 bits per heavy atom. The van der Waals surface area contributed by atoms with Crippen LogP contribution in [0.2, 0.25) is 0 Å². The van der Waals surface area contributed by atoms with Crippen molar-refractivity contribution in [2.24, 2.45) is 0 Å². The van der Waals surface area contributed by atoms with Gasteiger partial charge in [-0.3, -0.25) is 0 Å². The van der Waals surface area contributed by atoms with E-state index in [0.29, 0.717) is 35.9 Å². The van der Waals surface area contributed by atoms with Gasteiger partial charge in [0.15, 0.2) is 5.65 Å². The lowest BCUT2D eigenvalue weighted by molar-refractivity contribution is -0.138. The number of nitrogens with one attached hydrogen (secondary N) is 1. The minimum absolute atomic E-state index is 0.113. The molecule has 5 nitrogen and oxygen atoms in total. The topological polar surface area (TPSA) is 53.9 Å². The maximum Gasteiger partial charge on any atom is 0.416 e. The smallest absolute Gasteiger partial charge is 0.352 e. The number of halogens is 3. The Bertz CT molecular complexity index is 1030. The van der Waals surface area contributed by atoms with Gasteiger partial charge in [0, 0.05) is 18.8 Å². The number of hydrogen-bond acceptors (Lipinski definition) is 5. The van der Waals surface area contributed by atoms with E-state index in [9.17, 15) is 13.2 Å². The van der Waals surface area contributed by atoms with E-state index >= 15 is 0 Å². The van der Waals surface area contributed by atoms with E-state index in [4.69, 9.17) is 4.98 Å². The number of aromatic nitrogens is 3. The predicted octanol–water partition coefficient (Wildman–Crippen LogP) is 5.60. The van der Waals surface area contributed by atoms with Crippen LogP contribution in [0.15, 0.2) is 42.6 Å². The number of nitrogens with zero attached hydrogens (tertiary/aromatic N) is 4. The highest BCUT2D eigenvalue weighted by Crippen LogP contribution is 2.42. The zero-order chi connectivity index (χ0) is 21.3. The molecule has 1 N–H and O–H groups in total. The summed E-state index contributed by atoms with van der Waals surface area (Å²) >= 11 is 0. The van der Waals surface area contributed by atoms with Crippen LogP contribution in [-0.4, -0.2) is 27.5 Å². The molecule has 158 valence electrons. The highest BCUT2D eigenvalue weighted by atomic mass is 19.4. The number of alkyl halides is 3. The van der Waals surface area contributed by atoms with Crippen LogP contribution in [0.3, 0.4) is 0 Å². The Morgan fingerprint density at radius 2 is 1.87 bits per heavy atom. The number of rotatable bonds is 4. The van der Waals surface area contributed by atoms with Gasteiger partial charge in [0.1, 0.15) is 5.82 Å². The zero-order valence-corrected chi connectivity index (χ0v) is 16.9. The first-order valence-corrected chi connectivity index (χ1v) is 10.2. The minimum atomic E-state index is -4.40. The maximum absolute atomic E-state index is 13.7. The summed E-state index contributed by atoms with van der Waals surface area (Å²) in [4.78, 5) is 15.6. The second-order valence-electron chi connectivity index (χ2n) is 7.83. The Hall–Kier alpha value is -2.90. The fourth-order valence-electron chi connectivity index (χ4n) is 4.04. The SMILES string of the molecule is CC(C)Nc1nc(N2CCCCC2c2ccccc2C(F)(F)F)c2cccnc2n1. The van der Waals surface area contributed by atoms with Gasteiger partial charge in [0.2, 0.25) is 5.95 Å². The van der Waals surface area contributed by atoms with Gasteiger partial charge in [-0.05, 0) is 56.9 Å². The molecule has 1 aliphatic rings. The van der Waals surface area contributed by atoms with E-state index < -0.39 is 17.8 Å². The number of benzene rings is 1. The second-order valence-corrected chi connectivity index (χ2v) is 7.83. The maximum atomic E-state index is 13.7. The van der Waals surface area contributed by atoms with Gasteiger partial charge in [0.25, 0.3) is 0 Å². The van der Waals surface area contributed by atoms with Gasteiger partial charge in [-0.15, -0.1) is 0 Å². The van der Waals surface area contributed by atoms with Crippen molar-refractivity contribution in [1.29, 1.82) is 0 Å². The highest BCUT2D eigenvalue weighted by Gasteiger charge is 2.37. The van der Waals surface area contributed by atoms with Crippen LogP contribution in [0.25, 0.3) is 11.0 Å². The van der Waals surface area contributed by atoms with Crippen molar-refractivity contribution in [3.05, 3.63) is 53.7 Å². The van der Waals surface area contributed by atoms with Gasteiger partial charge in [-0.1, -0.05) is 18.2 Å². The summed E-state index contributed by atoms with van der Waals surface area (Å²) in [5.74, 6) is 1.05. The molecule has 1 aromatic carbocycles. The quantitative estimate of drug-likeness (QED) is 0.602. The Morgan fingerprint density at radius 3 is 2.63 bits per heavy atom. The molecule has 0 saturated carbocycles. The van der Waals surface area contributed by atoms with Gasteiger partial charge in [-0.25, -0.2) is 4.98 Å². The number of anilines is 2. The molecule has 1 aliphatic heterocycles. The summed E-state index contributed by atoms with van der Waals surface area (Å²) in [7, 11) is 0. The zero-order valence-electron chi connectivity index (χ0n) is 16.9. The highest BCUT2D eigenvalue weighted by molar-refractivity contribution is 5.88. The van der Waals surface area contributed by atoms with E-state index in [0.717, 1.165) is 24.3 Å². The molecule has 1 atom stereocenters. The fourth-order valence-corrected chi connectivity index (χ4v) is 4.04. The monoisotopic (exact) mass is 415 g/mol. The largest absolute Gasteiger partial charge is 0.416 e. The number of piperidine rings is 1. The standard InChI is InChI=1S/C22H24F3N5/c1-14(2)27-21-28-19-16(9-7-12-26-19)20(29-21)30-13-6-5-11-18(30)15-8-3-4-10-17(15)22(23,24)25/h3-4,7-10,12,14,18H,5-6,11,13H2,1-2H3,(H,26,27,28,29). The van der Waals surface area contributed by atoms with Crippen molar-refractivity contribution >= 4 is 22.8 Å². The van der Waals surface area contributed by atoms with Crippen molar-refractivity contribution in [3.8, 4) is 0 Å². The molecular formula is C22H24F3N5. The summed E-state index contributed by atoms with van der Waals surface area (Å²) in [5.41, 5.74) is 0.233. The van der Waals surface area contributed by atoms with E-state index in [1.54, 1.807) is 24.4 Å². The first-order valence-electron chi connectivity index (χ1n) is 10.2. The fraction of sp³-hybridized carbons (Fsp3) is 0.409. The van der Waals surface area contributed by atoms with E-state index in [1.807, 2.05) is 24.8 Å². The molecule has 0 radical (unpaired) electrons. The van der Waals surface area contributed by atoms with Crippen LogP contribution in [0.4, 0.5) is 24.9 Å². The average molecular weight is 415 g/mol. The molecule has 0 aliphatic carbocycles. The van der Waals surface area contributed by atoms with Crippen molar-refractivity contribution in [1.82, 2.24) is 15.0 Å². The van der Waals surface area contributed by atoms with Crippen LogP contribution in [0.5, 0.6) is 0 Å². The van der Waals surface area contributed by atoms with Crippen LogP contribution >= 0.6 is 0 Å². The summed E-state index contributed by atoms with van der Waals surface area (Å²) in [6, 6.07) is 9.22. The van der Waals surface area contributed by atoms with Crippen molar-refractivity contribution in [2.75, 3.05) is 16.8 Å². The molecule has 0 spiro atoms.